The second kappa shape index (κ2) is 6.55. The van der Waals surface area contributed by atoms with E-state index in [1.807, 2.05) is 25.2 Å². The second-order valence-electron chi connectivity index (χ2n) is 6.74. The van der Waals surface area contributed by atoms with E-state index in [4.69, 9.17) is 15.0 Å². The van der Waals surface area contributed by atoms with Crippen molar-refractivity contribution in [1.29, 1.82) is 0 Å². The van der Waals surface area contributed by atoms with Crippen LogP contribution in [-0.2, 0) is 15.9 Å². The number of hydrogen-bond donors (Lipinski definition) is 2. The molecule has 0 bridgehead atoms. The van der Waals surface area contributed by atoms with Crippen LogP contribution in [0.2, 0.25) is 0 Å². The summed E-state index contributed by atoms with van der Waals surface area (Å²) in [5.74, 6) is 0. The Labute approximate surface area is 134 Å². The molecular formula is C17H27BN2O2. The summed E-state index contributed by atoms with van der Waals surface area (Å²) in [6.45, 7) is 9.49. The summed E-state index contributed by atoms with van der Waals surface area (Å²) in [6.07, 6.45) is 2.13. The molecule has 0 aromatic heterocycles. The van der Waals surface area contributed by atoms with E-state index in [2.05, 4.69) is 45.2 Å². The molecule has 0 radical (unpaired) electrons. The predicted octanol–water partition coefficient (Wildman–Crippen LogP) is 2.38. The quantitative estimate of drug-likeness (QED) is 0.820. The van der Waals surface area contributed by atoms with Crippen molar-refractivity contribution in [1.82, 2.24) is 5.32 Å². The van der Waals surface area contributed by atoms with Crippen LogP contribution in [0, 0.1) is 0 Å². The molecule has 4 nitrogen and oxygen atoms in total. The van der Waals surface area contributed by atoms with Gasteiger partial charge >= 0.3 is 7.12 Å². The predicted molar refractivity (Wildman–Crippen MR) is 92.3 cm³/mol. The molecule has 0 unspecified atom stereocenters. The average molecular weight is 302 g/mol. The van der Waals surface area contributed by atoms with E-state index in [1.54, 1.807) is 0 Å². The average Bonchev–Trinajstić information content (AvgIpc) is 2.67. The molecule has 22 heavy (non-hydrogen) atoms. The van der Waals surface area contributed by atoms with E-state index >= 15 is 0 Å². The van der Waals surface area contributed by atoms with Crippen molar-refractivity contribution >= 4 is 13.2 Å². The number of benzene rings is 1. The molecule has 1 aliphatic rings. The highest BCUT2D eigenvalue weighted by Gasteiger charge is 2.52. The Morgan fingerprint density at radius 3 is 2.32 bits per heavy atom. The fourth-order valence-corrected chi connectivity index (χ4v) is 2.46. The normalized spacial score (nSPS) is 20.5. The first-order valence-corrected chi connectivity index (χ1v) is 7.79. The monoisotopic (exact) mass is 302 g/mol. The lowest BCUT2D eigenvalue weighted by Crippen LogP contribution is -2.41. The van der Waals surface area contributed by atoms with E-state index in [0.717, 1.165) is 16.6 Å². The van der Waals surface area contributed by atoms with Gasteiger partial charge in [-0.3, -0.25) is 0 Å². The Kier molecular flexibility index (Phi) is 5.12. The number of nitrogens with two attached hydrogens (primary N) is 1. The molecule has 1 fully saturated rings. The molecule has 1 aromatic carbocycles. The lowest BCUT2D eigenvalue weighted by molar-refractivity contribution is 0.00578. The van der Waals surface area contributed by atoms with Crippen LogP contribution in [0.15, 0.2) is 29.7 Å². The van der Waals surface area contributed by atoms with Crippen LogP contribution in [-0.4, -0.2) is 31.9 Å². The zero-order valence-electron chi connectivity index (χ0n) is 14.3. The Morgan fingerprint density at radius 2 is 1.77 bits per heavy atom. The maximum Gasteiger partial charge on any atom is 0.491 e. The van der Waals surface area contributed by atoms with Gasteiger partial charge in [0.05, 0.1) is 11.2 Å². The molecule has 1 aliphatic heterocycles. The maximum absolute atomic E-state index is 6.16. The van der Waals surface area contributed by atoms with Crippen molar-refractivity contribution in [3.8, 4) is 0 Å². The Hall–Kier alpha value is -1.14. The van der Waals surface area contributed by atoms with E-state index in [-0.39, 0.29) is 18.3 Å². The number of rotatable bonds is 5. The van der Waals surface area contributed by atoms with Crippen molar-refractivity contribution in [2.24, 2.45) is 5.73 Å². The summed E-state index contributed by atoms with van der Waals surface area (Å²) in [5, 5.41) is 3.20. The van der Waals surface area contributed by atoms with E-state index < -0.39 is 0 Å². The molecule has 3 N–H and O–H groups in total. The first-order chi connectivity index (χ1) is 10.3. The van der Waals surface area contributed by atoms with Gasteiger partial charge in [-0.25, -0.2) is 0 Å². The third-order valence-electron chi connectivity index (χ3n) is 4.55. The second-order valence-corrected chi connectivity index (χ2v) is 6.74. The van der Waals surface area contributed by atoms with Crippen LogP contribution in [0.25, 0.3) is 6.08 Å². The lowest BCUT2D eigenvalue weighted by atomic mass is 9.76. The molecule has 120 valence electrons. The van der Waals surface area contributed by atoms with Gasteiger partial charge in [0, 0.05) is 13.1 Å². The first kappa shape index (κ1) is 17.2. The van der Waals surface area contributed by atoms with Gasteiger partial charge in [0.25, 0.3) is 0 Å². The molecule has 0 amide bonds. The van der Waals surface area contributed by atoms with Crippen molar-refractivity contribution in [2.45, 2.75) is 45.4 Å². The van der Waals surface area contributed by atoms with Gasteiger partial charge in [0.2, 0.25) is 0 Å². The van der Waals surface area contributed by atoms with Crippen LogP contribution in [0.4, 0.5) is 0 Å². The van der Waals surface area contributed by atoms with Crippen LogP contribution in [0.1, 0.15) is 38.8 Å². The summed E-state index contributed by atoms with van der Waals surface area (Å²) in [6, 6.07) is 8.15. The molecule has 1 heterocycles. The van der Waals surface area contributed by atoms with Crippen molar-refractivity contribution in [2.75, 3.05) is 13.6 Å². The van der Waals surface area contributed by atoms with Gasteiger partial charge in [-0.2, -0.15) is 0 Å². The fourth-order valence-electron chi connectivity index (χ4n) is 2.46. The standard InChI is InChI=1S/C17H27BN2O2/c1-16(2)17(3,4)22-18(21-16)15(12-20-5)10-13-8-6-7-9-14(13)11-19/h6-10,20H,11-12,19H2,1-5H3. The fraction of sp³-hybridized carbons (Fsp3) is 0.529. The Bertz CT molecular complexity index is 539. The molecule has 0 spiro atoms. The lowest BCUT2D eigenvalue weighted by Gasteiger charge is -2.32. The van der Waals surface area contributed by atoms with E-state index in [1.165, 1.54) is 0 Å². The van der Waals surface area contributed by atoms with E-state index in [9.17, 15) is 0 Å². The zero-order valence-corrected chi connectivity index (χ0v) is 14.3. The molecule has 5 heteroatoms. The minimum atomic E-state index is -0.344. The van der Waals surface area contributed by atoms with Gasteiger partial charge in [-0.05, 0) is 51.3 Å². The summed E-state index contributed by atoms with van der Waals surface area (Å²) < 4.78 is 12.3. The van der Waals surface area contributed by atoms with Crippen molar-refractivity contribution < 1.29 is 9.31 Å². The highest BCUT2D eigenvalue weighted by Crippen LogP contribution is 2.38. The largest absolute Gasteiger partial charge is 0.491 e. The number of likely N-dealkylation sites (N-methyl/N-ethyl adjacent to an activating group) is 1. The minimum absolute atomic E-state index is 0.335. The van der Waals surface area contributed by atoms with Gasteiger partial charge in [0.15, 0.2) is 0 Å². The third-order valence-corrected chi connectivity index (χ3v) is 4.55. The Balaban J connectivity index is 2.33. The number of hydrogen-bond acceptors (Lipinski definition) is 4. The van der Waals surface area contributed by atoms with Gasteiger partial charge in [-0.15, -0.1) is 0 Å². The molecule has 1 saturated heterocycles. The summed E-state index contributed by atoms with van der Waals surface area (Å²) in [5.41, 5.74) is 8.47. The zero-order chi connectivity index (χ0) is 16.4. The molecular weight excluding hydrogens is 275 g/mol. The molecule has 0 aliphatic carbocycles. The van der Waals surface area contributed by atoms with Gasteiger partial charge in [-0.1, -0.05) is 30.3 Å². The maximum atomic E-state index is 6.16. The SMILES string of the molecule is CNCC(=Cc1ccccc1CN)B1OC(C)(C)C(C)(C)O1. The molecule has 1 aromatic rings. The van der Waals surface area contributed by atoms with Crippen molar-refractivity contribution in [3.05, 3.63) is 40.9 Å². The molecule has 0 atom stereocenters. The third kappa shape index (κ3) is 3.44. The van der Waals surface area contributed by atoms with Crippen molar-refractivity contribution in [3.63, 3.8) is 0 Å². The molecule has 0 saturated carbocycles. The van der Waals surface area contributed by atoms with Gasteiger partial charge < -0.3 is 20.4 Å². The van der Waals surface area contributed by atoms with Crippen LogP contribution in [0.3, 0.4) is 0 Å². The summed E-state index contributed by atoms with van der Waals surface area (Å²) >= 11 is 0. The Morgan fingerprint density at radius 1 is 1.18 bits per heavy atom. The van der Waals surface area contributed by atoms with Gasteiger partial charge in [0.1, 0.15) is 0 Å². The minimum Gasteiger partial charge on any atom is -0.400 e. The summed E-state index contributed by atoms with van der Waals surface area (Å²) in [7, 11) is 1.58. The first-order valence-electron chi connectivity index (χ1n) is 7.79. The number of nitrogens with one attached hydrogen (secondary N) is 1. The topological polar surface area (TPSA) is 56.5 Å². The summed E-state index contributed by atoms with van der Waals surface area (Å²) in [4.78, 5) is 0. The highest BCUT2D eigenvalue weighted by molar-refractivity contribution is 6.55. The highest BCUT2D eigenvalue weighted by atomic mass is 16.7. The molecule has 2 rings (SSSR count). The van der Waals surface area contributed by atoms with Crippen LogP contribution in [0.5, 0.6) is 0 Å². The van der Waals surface area contributed by atoms with Crippen LogP contribution < -0.4 is 11.1 Å². The smallest absolute Gasteiger partial charge is 0.400 e. The van der Waals surface area contributed by atoms with E-state index in [0.29, 0.717) is 13.1 Å². The van der Waals surface area contributed by atoms with Crippen LogP contribution >= 0.6 is 0 Å².